The van der Waals surface area contributed by atoms with Crippen molar-refractivity contribution < 1.29 is 19.6 Å². The molecule has 1 fully saturated rings. The fourth-order valence-electron chi connectivity index (χ4n) is 2.76. The number of carboxylic acid groups (broad SMARTS) is 1. The van der Waals surface area contributed by atoms with Gasteiger partial charge in [-0.1, -0.05) is 35.9 Å². The molecule has 0 saturated carbocycles. The van der Waals surface area contributed by atoms with Crippen LogP contribution in [-0.4, -0.2) is 38.6 Å². The van der Waals surface area contributed by atoms with Crippen LogP contribution in [0.15, 0.2) is 48.5 Å². The highest BCUT2D eigenvalue weighted by atomic mass is 35.5. The molecule has 1 heterocycles. The molecule has 2 aromatic carbocycles. The molecule has 9 heteroatoms. The largest absolute Gasteiger partial charge is 0.480 e. The zero-order valence-corrected chi connectivity index (χ0v) is 14.8. The molecule has 0 aliphatic carbocycles. The first-order chi connectivity index (χ1) is 12.4. The zero-order chi connectivity index (χ0) is 18.8. The summed E-state index contributed by atoms with van der Waals surface area (Å²) in [7, 11) is 0. The predicted molar refractivity (Wildman–Crippen MR) is 97.3 cm³/mol. The normalized spacial score (nSPS) is 19.3. The van der Waals surface area contributed by atoms with Crippen LogP contribution in [0.2, 0.25) is 5.02 Å². The Morgan fingerprint density at radius 2 is 1.96 bits per heavy atom. The fraction of sp³-hybridized carbons (Fsp3) is 0.176. The Labute approximate surface area is 157 Å². The second kappa shape index (κ2) is 7.35. The summed E-state index contributed by atoms with van der Waals surface area (Å²) in [6, 6.07) is 11.1. The lowest BCUT2D eigenvalue weighted by molar-refractivity contribution is -0.384. The first-order valence-corrected chi connectivity index (χ1v) is 8.99. The second-order valence-electron chi connectivity index (χ2n) is 5.58. The van der Waals surface area contributed by atoms with Crippen molar-refractivity contribution >= 4 is 40.9 Å². The Morgan fingerprint density at radius 1 is 1.23 bits per heavy atom. The molecule has 1 amide bonds. The second-order valence-corrected chi connectivity index (χ2v) is 7.10. The SMILES string of the molecule is O=C(O)C1CSC(c2ccccc2Cl)N1C(=O)c1cccc([N+](=O)[O-])c1. The summed E-state index contributed by atoms with van der Waals surface area (Å²) in [5, 5.41) is 20.3. The number of non-ortho nitro benzene ring substituents is 1. The molecule has 1 aliphatic rings. The number of halogens is 1. The van der Waals surface area contributed by atoms with Crippen molar-refractivity contribution in [2.75, 3.05) is 5.75 Å². The van der Waals surface area contributed by atoms with Crippen molar-refractivity contribution in [2.24, 2.45) is 0 Å². The Bertz CT molecular complexity index is 891. The number of aliphatic carboxylic acids is 1. The molecular weight excluding hydrogens is 380 g/mol. The molecule has 2 atom stereocenters. The highest BCUT2D eigenvalue weighted by Gasteiger charge is 2.43. The highest BCUT2D eigenvalue weighted by molar-refractivity contribution is 7.99. The van der Waals surface area contributed by atoms with E-state index in [2.05, 4.69) is 0 Å². The maximum atomic E-state index is 13.0. The summed E-state index contributed by atoms with van der Waals surface area (Å²) in [4.78, 5) is 36.2. The summed E-state index contributed by atoms with van der Waals surface area (Å²) < 4.78 is 0. The van der Waals surface area contributed by atoms with E-state index in [0.717, 1.165) is 6.07 Å². The predicted octanol–water partition coefficient (Wildman–Crippen LogP) is 3.59. The lowest BCUT2D eigenvalue weighted by atomic mass is 10.1. The lowest BCUT2D eigenvalue weighted by Crippen LogP contribution is -2.43. The minimum atomic E-state index is -1.13. The molecule has 2 aromatic rings. The third-order valence-corrected chi connectivity index (χ3v) is 5.64. The van der Waals surface area contributed by atoms with Gasteiger partial charge < -0.3 is 10.0 Å². The highest BCUT2D eigenvalue weighted by Crippen LogP contribution is 2.44. The first kappa shape index (κ1) is 18.2. The monoisotopic (exact) mass is 392 g/mol. The van der Waals surface area contributed by atoms with Crippen molar-refractivity contribution in [2.45, 2.75) is 11.4 Å². The average molecular weight is 393 g/mol. The molecule has 134 valence electrons. The van der Waals surface area contributed by atoms with Gasteiger partial charge in [0.05, 0.1) is 4.92 Å². The Kier molecular flexibility index (Phi) is 5.15. The van der Waals surface area contributed by atoms with Gasteiger partial charge in [-0.3, -0.25) is 14.9 Å². The van der Waals surface area contributed by atoms with Gasteiger partial charge in [-0.2, -0.15) is 0 Å². The van der Waals surface area contributed by atoms with Gasteiger partial charge in [0.25, 0.3) is 11.6 Å². The molecule has 1 aliphatic heterocycles. The van der Waals surface area contributed by atoms with Crippen LogP contribution in [0.5, 0.6) is 0 Å². The number of hydrogen-bond donors (Lipinski definition) is 1. The van der Waals surface area contributed by atoms with Crippen molar-refractivity contribution in [3.8, 4) is 0 Å². The molecular formula is C17H13ClN2O5S. The van der Waals surface area contributed by atoms with E-state index in [-0.39, 0.29) is 17.0 Å². The standard InChI is InChI=1S/C17H13ClN2O5S/c18-13-7-2-1-6-12(13)16-19(14(9-26-16)17(22)23)15(21)10-4-3-5-11(8-10)20(24)25/h1-8,14,16H,9H2,(H,22,23). The van der Waals surface area contributed by atoms with Crippen LogP contribution >= 0.6 is 23.4 Å². The number of nitro groups is 1. The molecule has 1 saturated heterocycles. The molecule has 0 bridgehead atoms. The third kappa shape index (κ3) is 3.38. The van der Waals surface area contributed by atoms with E-state index in [4.69, 9.17) is 11.6 Å². The average Bonchev–Trinajstić information content (AvgIpc) is 3.06. The van der Waals surface area contributed by atoms with E-state index in [9.17, 15) is 24.8 Å². The number of thioether (sulfide) groups is 1. The number of nitro benzene ring substituents is 1. The number of carbonyl (C=O) groups excluding carboxylic acids is 1. The summed E-state index contributed by atoms with van der Waals surface area (Å²) in [5.41, 5.74) is 0.454. The Morgan fingerprint density at radius 3 is 2.62 bits per heavy atom. The van der Waals surface area contributed by atoms with Crippen molar-refractivity contribution in [3.63, 3.8) is 0 Å². The summed E-state index contributed by atoms with van der Waals surface area (Å²) in [6.45, 7) is 0. The number of benzene rings is 2. The maximum Gasteiger partial charge on any atom is 0.327 e. The summed E-state index contributed by atoms with van der Waals surface area (Å²) in [5.74, 6) is -1.52. The van der Waals surface area contributed by atoms with Gasteiger partial charge in [-0.05, 0) is 12.1 Å². The van der Waals surface area contributed by atoms with Crippen LogP contribution in [0.3, 0.4) is 0 Å². The fourth-order valence-corrected chi connectivity index (χ4v) is 4.52. The Hall–Kier alpha value is -2.58. The molecule has 1 N–H and O–H groups in total. The number of nitrogens with zero attached hydrogens (tertiary/aromatic N) is 2. The van der Waals surface area contributed by atoms with Gasteiger partial charge in [0, 0.05) is 34.0 Å². The van der Waals surface area contributed by atoms with Crippen molar-refractivity contribution in [1.82, 2.24) is 4.90 Å². The van der Waals surface area contributed by atoms with Crippen LogP contribution in [0.25, 0.3) is 0 Å². The van der Waals surface area contributed by atoms with Crippen molar-refractivity contribution in [3.05, 3.63) is 74.8 Å². The van der Waals surface area contributed by atoms with Gasteiger partial charge >= 0.3 is 5.97 Å². The number of hydrogen-bond acceptors (Lipinski definition) is 5. The lowest BCUT2D eigenvalue weighted by Gasteiger charge is -2.28. The molecule has 3 rings (SSSR count). The minimum absolute atomic E-state index is 0.0602. The summed E-state index contributed by atoms with van der Waals surface area (Å²) >= 11 is 7.52. The van der Waals surface area contributed by atoms with Crippen LogP contribution in [0, 0.1) is 10.1 Å². The van der Waals surface area contributed by atoms with Gasteiger partial charge in [0.2, 0.25) is 0 Å². The number of amides is 1. The Balaban J connectivity index is 2.03. The number of carbonyl (C=O) groups is 2. The van der Waals surface area contributed by atoms with Gasteiger partial charge in [-0.15, -0.1) is 11.8 Å². The van der Waals surface area contributed by atoms with E-state index in [1.165, 1.54) is 34.9 Å². The number of carboxylic acids is 1. The number of rotatable bonds is 4. The van der Waals surface area contributed by atoms with Crippen LogP contribution < -0.4 is 0 Å². The zero-order valence-electron chi connectivity index (χ0n) is 13.2. The maximum absolute atomic E-state index is 13.0. The first-order valence-electron chi connectivity index (χ1n) is 7.56. The third-order valence-electron chi connectivity index (χ3n) is 4.00. The van der Waals surface area contributed by atoms with Crippen LogP contribution in [0.1, 0.15) is 21.3 Å². The smallest absolute Gasteiger partial charge is 0.327 e. The van der Waals surface area contributed by atoms with E-state index in [1.54, 1.807) is 24.3 Å². The molecule has 26 heavy (non-hydrogen) atoms. The quantitative estimate of drug-likeness (QED) is 0.630. The van der Waals surface area contributed by atoms with E-state index >= 15 is 0 Å². The molecule has 0 aromatic heterocycles. The topological polar surface area (TPSA) is 101 Å². The van der Waals surface area contributed by atoms with Crippen LogP contribution in [-0.2, 0) is 4.79 Å². The minimum Gasteiger partial charge on any atom is -0.480 e. The van der Waals surface area contributed by atoms with Crippen molar-refractivity contribution in [1.29, 1.82) is 0 Å². The van der Waals surface area contributed by atoms with E-state index < -0.39 is 28.2 Å². The van der Waals surface area contributed by atoms with Gasteiger partial charge in [-0.25, -0.2) is 4.79 Å². The molecule has 2 unspecified atom stereocenters. The molecule has 7 nitrogen and oxygen atoms in total. The molecule has 0 radical (unpaired) electrons. The van der Waals surface area contributed by atoms with Gasteiger partial charge in [0.15, 0.2) is 0 Å². The van der Waals surface area contributed by atoms with Gasteiger partial charge in [0.1, 0.15) is 11.4 Å². The van der Waals surface area contributed by atoms with E-state index in [0.29, 0.717) is 10.6 Å². The molecule has 0 spiro atoms. The van der Waals surface area contributed by atoms with E-state index in [1.807, 2.05) is 0 Å². The van der Waals surface area contributed by atoms with Crippen LogP contribution in [0.4, 0.5) is 5.69 Å². The summed E-state index contributed by atoms with van der Waals surface area (Å²) in [6.07, 6.45) is 0.